The number of nitrogens with two attached hydrogens (primary N) is 2. The summed E-state index contributed by atoms with van der Waals surface area (Å²) >= 11 is 0. The van der Waals surface area contributed by atoms with Gasteiger partial charge in [-0.15, -0.1) is 0 Å². The maximum Gasteiger partial charge on any atom is 0.326 e. The molecule has 1 aliphatic heterocycles. The maximum absolute atomic E-state index is 14.5. The van der Waals surface area contributed by atoms with Gasteiger partial charge in [0.25, 0.3) is 0 Å². The fraction of sp³-hybridized carbons (Fsp3) is 0.510. The fourth-order valence-electron chi connectivity index (χ4n) is 8.15. The van der Waals surface area contributed by atoms with Crippen LogP contribution >= 0.6 is 0 Å². The molecule has 23 heteroatoms. The van der Waals surface area contributed by atoms with Crippen molar-refractivity contribution in [2.75, 3.05) is 26.7 Å². The number of nitrogens with one attached hydrogen (secondary N) is 8. The van der Waals surface area contributed by atoms with Crippen LogP contribution in [-0.4, -0.2) is 142 Å². The third-order valence-corrected chi connectivity index (χ3v) is 12.3. The highest BCUT2D eigenvalue weighted by Gasteiger charge is 2.41. The van der Waals surface area contributed by atoms with Crippen LogP contribution in [0.15, 0.2) is 72.1 Å². The molecule has 0 radical (unpaired) electrons. The van der Waals surface area contributed by atoms with Crippen molar-refractivity contribution in [3.63, 3.8) is 0 Å². The van der Waals surface area contributed by atoms with Crippen LogP contribution in [0.2, 0.25) is 0 Å². The number of amides is 7. The number of carboxylic acids is 1. The molecule has 1 fully saturated rings. The van der Waals surface area contributed by atoms with Crippen LogP contribution in [0.5, 0.6) is 0 Å². The molecular formula is C49H70FN13O9. The number of benzene rings is 2. The average Bonchev–Trinajstić information content (AvgIpc) is 4.06. The second kappa shape index (κ2) is 28.4. The lowest BCUT2D eigenvalue weighted by atomic mass is 9.96. The molecule has 7 amide bonds. The van der Waals surface area contributed by atoms with E-state index in [0.29, 0.717) is 36.1 Å². The Morgan fingerprint density at radius 1 is 0.792 bits per heavy atom. The summed E-state index contributed by atoms with van der Waals surface area (Å²) < 4.78 is 14.1. The second-order valence-electron chi connectivity index (χ2n) is 18.2. The van der Waals surface area contributed by atoms with E-state index in [1.54, 1.807) is 65.1 Å². The van der Waals surface area contributed by atoms with E-state index in [-0.39, 0.29) is 57.7 Å². The van der Waals surface area contributed by atoms with Gasteiger partial charge in [0, 0.05) is 44.2 Å². The summed E-state index contributed by atoms with van der Waals surface area (Å²) in [6.45, 7) is 7.08. The number of hydrogen-bond donors (Lipinski definition) is 11. The molecule has 22 nitrogen and oxygen atoms in total. The first kappa shape index (κ1) is 57.2. The first-order chi connectivity index (χ1) is 34.3. The topological polar surface area (TPSA) is 337 Å². The summed E-state index contributed by atoms with van der Waals surface area (Å²) in [6.07, 6.45) is 4.06. The minimum atomic E-state index is -1.39. The molecule has 4 rings (SSSR count). The lowest BCUT2D eigenvalue weighted by molar-refractivity contribution is -0.145. The Hall–Kier alpha value is -7.43. The summed E-state index contributed by atoms with van der Waals surface area (Å²) in [5.41, 5.74) is 12.5. The Labute approximate surface area is 418 Å². The molecule has 1 aliphatic rings. The number of aromatic amines is 1. The molecular weight excluding hydrogens is 934 g/mol. The Morgan fingerprint density at radius 2 is 1.42 bits per heavy atom. The molecule has 0 aliphatic carbocycles. The number of guanidine groups is 1. The van der Waals surface area contributed by atoms with Gasteiger partial charge in [-0.25, -0.2) is 14.2 Å². The van der Waals surface area contributed by atoms with Crippen LogP contribution in [0.4, 0.5) is 4.39 Å². The number of carbonyl (C=O) groups excluding carboxylic acids is 7. The largest absolute Gasteiger partial charge is 0.480 e. The van der Waals surface area contributed by atoms with Crippen LogP contribution < -0.4 is 48.7 Å². The third-order valence-electron chi connectivity index (χ3n) is 12.3. The number of H-pyrrole nitrogens is 1. The summed E-state index contributed by atoms with van der Waals surface area (Å²) in [5.74, 6) is -7.81. The highest BCUT2D eigenvalue weighted by atomic mass is 19.1. The number of hydrogen-bond acceptors (Lipinski definition) is 11. The number of likely N-dealkylation sites (N-methyl/N-ethyl adjacent to an activating group) is 1. The van der Waals surface area contributed by atoms with Crippen LogP contribution in [0, 0.1) is 17.7 Å². The lowest BCUT2D eigenvalue weighted by Crippen LogP contribution is -2.62. The monoisotopic (exact) mass is 1000 g/mol. The molecule has 2 aromatic carbocycles. The summed E-state index contributed by atoms with van der Waals surface area (Å²) in [5, 5.41) is 29.0. The van der Waals surface area contributed by atoms with Crippen LogP contribution in [0.25, 0.3) is 0 Å². The predicted octanol–water partition coefficient (Wildman–Crippen LogP) is -0.464. The zero-order valence-corrected chi connectivity index (χ0v) is 41.4. The van der Waals surface area contributed by atoms with Crippen molar-refractivity contribution in [1.29, 1.82) is 0 Å². The molecule has 0 saturated carbocycles. The number of carboxylic acid groups (broad SMARTS) is 1. The molecule has 392 valence electrons. The number of halogens is 1. The van der Waals surface area contributed by atoms with Gasteiger partial charge in [-0.05, 0) is 67.8 Å². The Balaban J connectivity index is 1.58. The standard InChI is InChI=1S/C49H70FN13O9/c1-6-29(4)41(46(69)59-36(24-33-25-54-27-56-33)47(70)63-21-11-15-38(63)44(67)60-37(48(71)72)23-30-12-8-7-9-13-30)62-43(66)35(22-31-16-18-32(50)19-17-31)58-45(68)40(28(2)3)61-42(65)34(57-39(64)26-53-5)14-10-20-55-49(51)52/h7-9,12-13,16-19,25,27-29,34-38,40-41,53H,6,10-11,14-15,20-24,26H2,1-5H3,(H,54,56)(H,57,64)(H,58,68)(H,59,69)(H,60,67)(H,61,65)(H,62,66)(H,71,72)(H4,51,52,55)/t29-,34-,35-,36-,37+,38-,40-,41-/m0/s1. The van der Waals surface area contributed by atoms with Crippen LogP contribution in [-0.2, 0) is 57.6 Å². The van der Waals surface area contributed by atoms with E-state index in [4.69, 9.17) is 11.5 Å². The van der Waals surface area contributed by atoms with Crippen molar-refractivity contribution < 1.29 is 47.9 Å². The molecule has 13 N–H and O–H groups in total. The minimum absolute atomic E-state index is 0.00944. The molecule has 1 aromatic heterocycles. The number of imidazole rings is 1. The van der Waals surface area contributed by atoms with E-state index in [1.807, 2.05) is 0 Å². The van der Waals surface area contributed by atoms with Gasteiger partial charge in [-0.3, -0.25) is 38.6 Å². The number of nitrogens with zero attached hydrogens (tertiary/aromatic N) is 3. The predicted molar refractivity (Wildman–Crippen MR) is 265 cm³/mol. The molecule has 3 aromatic rings. The van der Waals surface area contributed by atoms with Gasteiger partial charge in [0.1, 0.15) is 48.1 Å². The van der Waals surface area contributed by atoms with Gasteiger partial charge in [0.2, 0.25) is 41.4 Å². The highest BCUT2D eigenvalue weighted by Crippen LogP contribution is 2.21. The van der Waals surface area contributed by atoms with Crippen molar-refractivity contribution in [3.05, 3.63) is 89.8 Å². The SMILES string of the molecule is CC[C@H](C)[C@H](NC(=O)[C@H](Cc1ccc(F)cc1)NC(=O)[C@@H](NC(=O)[C@H](CCCN=C(N)N)NC(=O)CNC)C(C)C)C(=O)N[C@@H](Cc1cnc[nH]1)C(=O)N1CCC[C@H]1C(=O)N[C@H](Cc1ccccc1)C(=O)O. The number of aliphatic imine (C=N–C) groups is 1. The molecule has 1 saturated heterocycles. The number of likely N-dealkylation sites (tertiary alicyclic amines) is 1. The maximum atomic E-state index is 14.5. The zero-order valence-electron chi connectivity index (χ0n) is 41.4. The van der Waals surface area contributed by atoms with Gasteiger partial charge in [0.05, 0.1) is 12.9 Å². The molecule has 0 unspecified atom stereocenters. The number of rotatable bonds is 28. The van der Waals surface area contributed by atoms with Gasteiger partial charge < -0.3 is 63.7 Å². The first-order valence-corrected chi connectivity index (χ1v) is 24.1. The summed E-state index contributed by atoms with van der Waals surface area (Å²) in [4.78, 5) is 122. The zero-order chi connectivity index (χ0) is 52.9. The van der Waals surface area contributed by atoms with Crippen molar-refractivity contribution in [1.82, 2.24) is 52.1 Å². The minimum Gasteiger partial charge on any atom is -0.480 e. The van der Waals surface area contributed by atoms with Gasteiger partial charge in [-0.2, -0.15) is 0 Å². The number of aliphatic carboxylic acids is 1. The third kappa shape index (κ3) is 17.8. The van der Waals surface area contributed by atoms with E-state index >= 15 is 0 Å². The summed E-state index contributed by atoms with van der Waals surface area (Å²) in [7, 11) is 1.56. The molecule has 8 atom stereocenters. The van der Waals surface area contributed by atoms with E-state index in [9.17, 15) is 47.9 Å². The smallest absolute Gasteiger partial charge is 0.326 e. The van der Waals surface area contributed by atoms with Crippen LogP contribution in [0.1, 0.15) is 76.6 Å². The van der Waals surface area contributed by atoms with Gasteiger partial charge >= 0.3 is 5.97 Å². The van der Waals surface area contributed by atoms with E-state index in [0.717, 1.165) is 0 Å². The van der Waals surface area contributed by atoms with Crippen molar-refractivity contribution in [2.45, 2.75) is 121 Å². The van der Waals surface area contributed by atoms with Crippen molar-refractivity contribution >= 4 is 53.3 Å². The second-order valence-corrected chi connectivity index (χ2v) is 18.2. The van der Waals surface area contributed by atoms with E-state index < -0.39 is 107 Å². The number of carbonyl (C=O) groups is 8. The molecule has 2 heterocycles. The molecule has 0 spiro atoms. The lowest BCUT2D eigenvalue weighted by Gasteiger charge is -2.32. The first-order valence-electron chi connectivity index (χ1n) is 24.1. The van der Waals surface area contributed by atoms with Gasteiger partial charge in [0.15, 0.2) is 5.96 Å². The summed E-state index contributed by atoms with van der Waals surface area (Å²) in [6, 6.07) is 5.41. The van der Waals surface area contributed by atoms with Crippen LogP contribution in [0.3, 0.4) is 0 Å². The van der Waals surface area contributed by atoms with E-state index in [1.165, 1.54) is 41.7 Å². The van der Waals surface area contributed by atoms with E-state index in [2.05, 4.69) is 52.2 Å². The molecule has 72 heavy (non-hydrogen) atoms. The fourth-order valence-corrected chi connectivity index (χ4v) is 8.15. The average molecular weight is 1000 g/mol. The highest BCUT2D eigenvalue weighted by molar-refractivity contribution is 5.98. The van der Waals surface area contributed by atoms with Crippen molar-refractivity contribution in [3.8, 4) is 0 Å². The number of aromatic nitrogens is 2. The van der Waals surface area contributed by atoms with Gasteiger partial charge in [-0.1, -0.05) is 76.6 Å². The Kier molecular flexibility index (Phi) is 22.6. The van der Waals surface area contributed by atoms with Crippen molar-refractivity contribution in [2.24, 2.45) is 28.3 Å². The quantitative estimate of drug-likeness (QED) is 0.0250. The Bertz CT molecular complexity index is 2310. The normalized spacial score (nSPS) is 16.2. The Morgan fingerprint density at radius 3 is 2.03 bits per heavy atom. The molecule has 0 bridgehead atoms.